The van der Waals surface area contributed by atoms with Crippen molar-refractivity contribution < 1.29 is 0 Å². The average Bonchev–Trinajstić information content (AvgIpc) is 2.88. The van der Waals surface area contributed by atoms with Gasteiger partial charge in [-0.1, -0.05) is 6.92 Å². The van der Waals surface area contributed by atoms with Crippen molar-refractivity contribution in [2.45, 2.75) is 46.2 Å². The number of rotatable bonds is 6. The molecule has 0 aliphatic carbocycles. The van der Waals surface area contributed by atoms with E-state index in [0.717, 1.165) is 36.6 Å². The van der Waals surface area contributed by atoms with E-state index in [9.17, 15) is 0 Å². The Hall–Kier alpha value is -2.11. The molecule has 1 unspecified atom stereocenters. The van der Waals surface area contributed by atoms with Crippen molar-refractivity contribution in [2.24, 2.45) is 0 Å². The first-order valence-electron chi connectivity index (χ1n) is 6.97. The molecule has 0 amide bonds. The van der Waals surface area contributed by atoms with Crippen LogP contribution in [-0.4, -0.2) is 25.8 Å². The van der Waals surface area contributed by atoms with Gasteiger partial charge in [0.05, 0.1) is 6.54 Å². The Labute approximate surface area is 119 Å². The van der Waals surface area contributed by atoms with Gasteiger partial charge in [-0.15, -0.1) is 0 Å². The first-order valence-corrected chi connectivity index (χ1v) is 6.97. The van der Waals surface area contributed by atoms with Gasteiger partial charge >= 0.3 is 0 Å². The SMILES string of the molecule is CCCc1nc(N)c(C)c(NC(C)Cn2cccn2)n1. The molecule has 3 N–H and O–H groups in total. The summed E-state index contributed by atoms with van der Waals surface area (Å²) in [6.07, 6.45) is 5.57. The number of hydrogen-bond acceptors (Lipinski definition) is 5. The lowest BCUT2D eigenvalue weighted by atomic mass is 10.2. The fraction of sp³-hybridized carbons (Fsp3) is 0.500. The lowest BCUT2D eigenvalue weighted by Gasteiger charge is -2.17. The largest absolute Gasteiger partial charge is 0.383 e. The summed E-state index contributed by atoms with van der Waals surface area (Å²) < 4.78 is 1.89. The van der Waals surface area contributed by atoms with Gasteiger partial charge in [0.25, 0.3) is 0 Å². The summed E-state index contributed by atoms with van der Waals surface area (Å²) in [6, 6.07) is 2.12. The molecule has 2 aromatic rings. The van der Waals surface area contributed by atoms with Gasteiger partial charge < -0.3 is 11.1 Å². The molecule has 0 fully saturated rings. The van der Waals surface area contributed by atoms with Gasteiger partial charge in [-0.2, -0.15) is 5.10 Å². The van der Waals surface area contributed by atoms with Gasteiger partial charge in [-0.3, -0.25) is 4.68 Å². The second-order valence-corrected chi connectivity index (χ2v) is 5.02. The highest BCUT2D eigenvalue weighted by Crippen LogP contribution is 2.18. The zero-order chi connectivity index (χ0) is 14.5. The van der Waals surface area contributed by atoms with Crippen LogP contribution in [0.15, 0.2) is 18.5 Å². The van der Waals surface area contributed by atoms with Crippen molar-refractivity contribution in [3.63, 3.8) is 0 Å². The number of anilines is 2. The molecule has 0 saturated carbocycles. The van der Waals surface area contributed by atoms with Crippen LogP contribution in [-0.2, 0) is 13.0 Å². The molecule has 0 spiro atoms. The van der Waals surface area contributed by atoms with E-state index in [1.165, 1.54) is 0 Å². The Morgan fingerprint density at radius 3 is 2.85 bits per heavy atom. The molecule has 1 atom stereocenters. The monoisotopic (exact) mass is 274 g/mol. The Bertz CT molecular complexity index is 549. The molecule has 20 heavy (non-hydrogen) atoms. The van der Waals surface area contributed by atoms with Crippen LogP contribution in [0.5, 0.6) is 0 Å². The summed E-state index contributed by atoms with van der Waals surface area (Å²) in [7, 11) is 0. The fourth-order valence-corrected chi connectivity index (χ4v) is 2.03. The number of nitrogens with one attached hydrogen (secondary N) is 1. The Morgan fingerprint density at radius 1 is 1.40 bits per heavy atom. The molecule has 2 rings (SSSR count). The van der Waals surface area contributed by atoms with Gasteiger partial charge in [0.15, 0.2) is 0 Å². The van der Waals surface area contributed by atoms with Gasteiger partial charge in [-0.25, -0.2) is 9.97 Å². The molecular formula is C14H22N6. The summed E-state index contributed by atoms with van der Waals surface area (Å²) in [4.78, 5) is 8.88. The molecule has 2 heterocycles. The number of aromatic nitrogens is 4. The predicted molar refractivity (Wildman–Crippen MR) is 80.5 cm³/mol. The van der Waals surface area contributed by atoms with Crippen LogP contribution in [0.1, 0.15) is 31.7 Å². The van der Waals surface area contributed by atoms with Crippen molar-refractivity contribution in [1.29, 1.82) is 0 Å². The van der Waals surface area contributed by atoms with E-state index in [4.69, 9.17) is 5.73 Å². The molecule has 0 saturated heterocycles. The maximum atomic E-state index is 5.95. The second kappa shape index (κ2) is 6.36. The van der Waals surface area contributed by atoms with Gasteiger partial charge in [0, 0.05) is 30.4 Å². The summed E-state index contributed by atoms with van der Waals surface area (Å²) in [5.41, 5.74) is 6.85. The third kappa shape index (κ3) is 3.46. The second-order valence-electron chi connectivity index (χ2n) is 5.02. The topological polar surface area (TPSA) is 81.6 Å². The molecule has 0 radical (unpaired) electrons. The quantitative estimate of drug-likeness (QED) is 0.842. The smallest absolute Gasteiger partial charge is 0.135 e. The van der Waals surface area contributed by atoms with Crippen LogP contribution in [0.3, 0.4) is 0 Å². The normalized spacial score (nSPS) is 12.3. The molecule has 108 valence electrons. The highest BCUT2D eigenvalue weighted by molar-refractivity contribution is 5.55. The molecule has 2 aromatic heterocycles. The van der Waals surface area contributed by atoms with Gasteiger partial charge in [0.2, 0.25) is 0 Å². The number of hydrogen-bond donors (Lipinski definition) is 2. The molecule has 6 nitrogen and oxygen atoms in total. The van der Waals surface area contributed by atoms with E-state index in [-0.39, 0.29) is 6.04 Å². The van der Waals surface area contributed by atoms with E-state index in [1.807, 2.05) is 23.9 Å². The molecule has 0 aliphatic heterocycles. The summed E-state index contributed by atoms with van der Waals surface area (Å²) >= 11 is 0. The van der Waals surface area contributed by atoms with Crippen molar-refractivity contribution in [3.05, 3.63) is 29.8 Å². The van der Waals surface area contributed by atoms with Gasteiger partial charge in [0.1, 0.15) is 17.5 Å². The molecule has 6 heteroatoms. The van der Waals surface area contributed by atoms with E-state index in [0.29, 0.717) is 5.82 Å². The van der Waals surface area contributed by atoms with E-state index < -0.39 is 0 Å². The predicted octanol–water partition coefficient (Wildman–Crippen LogP) is 2.02. The fourth-order valence-electron chi connectivity index (χ4n) is 2.03. The van der Waals surface area contributed by atoms with Crippen LogP contribution in [0.4, 0.5) is 11.6 Å². The van der Waals surface area contributed by atoms with Crippen molar-refractivity contribution in [2.75, 3.05) is 11.1 Å². The zero-order valence-electron chi connectivity index (χ0n) is 12.3. The van der Waals surface area contributed by atoms with Crippen LogP contribution < -0.4 is 11.1 Å². The maximum absolute atomic E-state index is 5.95. The molecule has 0 aromatic carbocycles. The van der Waals surface area contributed by atoms with E-state index in [2.05, 4.69) is 34.2 Å². The number of nitrogens with zero attached hydrogens (tertiary/aromatic N) is 4. The number of nitrogens with two attached hydrogens (primary N) is 1. The summed E-state index contributed by atoms with van der Waals surface area (Å²) in [5, 5.41) is 7.60. The molecular weight excluding hydrogens is 252 g/mol. The standard InChI is InChI=1S/C14H22N6/c1-4-6-12-18-13(15)11(3)14(19-12)17-10(2)9-20-8-5-7-16-20/h5,7-8,10H,4,6,9H2,1-3H3,(H3,15,17,18,19). The number of nitrogen functional groups attached to an aromatic ring is 1. The lowest BCUT2D eigenvalue weighted by molar-refractivity contribution is 0.559. The van der Waals surface area contributed by atoms with E-state index >= 15 is 0 Å². The van der Waals surface area contributed by atoms with Crippen molar-refractivity contribution in [1.82, 2.24) is 19.7 Å². The van der Waals surface area contributed by atoms with Gasteiger partial charge in [-0.05, 0) is 26.3 Å². The zero-order valence-corrected chi connectivity index (χ0v) is 12.3. The third-order valence-corrected chi connectivity index (χ3v) is 3.11. The average molecular weight is 274 g/mol. The summed E-state index contributed by atoms with van der Waals surface area (Å²) in [5.74, 6) is 2.17. The van der Waals surface area contributed by atoms with E-state index in [1.54, 1.807) is 6.20 Å². The number of aryl methyl sites for hydroxylation is 1. The van der Waals surface area contributed by atoms with Crippen LogP contribution in [0.25, 0.3) is 0 Å². The third-order valence-electron chi connectivity index (χ3n) is 3.11. The minimum Gasteiger partial charge on any atom is -0.383 e. The highest BCUT2D eigenvalue weighted by Gasteiger charge is 2.11. The Morgan fingerprint density at radius 2 is 2.20 bits per heavy atom. The van der Waals surface area contributed by atoms with Crippen molar-refractivity contribution >= 4 is 11.6 Å². The Balaban J connectivity index is 2.11. The summed E-state index contributed by atoms with van der Waals surface area (Å²) in [6.45, 7) is 6.92. The lowest BCUT2D eigenvalue weighted by Crippen LogP contribution is -2.24. The first kappa shape index (κ1) is 14.3. The van der Waals surface area contributed by atoms with Crippen LogP contribution in [0.2, 0.25) is 0 Å². The minimum atomic E-state index is 0.206. The first-order chi connectivity index (χ1) is 9.60. The highest BCUT2D eigenvalue weighted by atomic mass is 15.3. The maximum Gasteiger partial charge on any atom is 0.135 e. The van der Waals surface area contributed by atoms with Crippen molar-refractivity contribution in [3.8, 4) is 0 Å². The molecule has 0 aliphatic rings. The van der Waals surface area contributed by atoms with Crippen LogP contribution in [0, 0.1) is 6.92 Å². The minimum absolute atomic E-state index is 0.206. The molecule has 0 bridgehead atoms. The Kier molecular flexibility index (Phi) is 4.55. The van der Waals surface area contributed by atoms with Crippen LogP contribution >= 0.6 is 0 Å².